The first-order valence-corrected chi connectivity index (χ1v) is 6.67. The zero-order chi connectivity index (χ0) is 13.8. The fourth-order valence-electron chi connectivity index (χ4n) is 1.81. The number of aryl methyl sites for hydroxylation is 1. The van der Waals surface area contributed by atoms with Crippen LogP contribution in [-0.2, 0) is 6.54 Å². The van der Waals surface area contributed by atoms with Gasteiger partial charge >= 0.3 is 5.97 Å². The minimum Gasteiger partial charge on any atom is -0.478 e. The maximum absolute atomic E-state index is 10.7. The Kier molecular flexibility index (Phi) is 4.22. The second kappa shape index (κ2) is 5.89. The minimum atomic E-state index is -0.901. The van der Waals surface area contributed by atoms with Crippen molar-refractivity contribution in [3.8, 4) is 0 Å². The fraction of sp³-hybridized carbons (Fsp3) is 0.133. The van der Waals surface area contributed by atoms with Crippen LogP contribution in [-0.4, -0.2) is 11.1 Å². The maximum atomic E-state index is 10.7. The molecule has 0 saturated heterocycles. The molecule has 0 atom stereocenters. The molecule has 2 aromatic rings. The summed E-state index contributed by atoms with van der Waals surface area (Å²) in [7, 11) is 0. The van der Waals surface area contributed by atoms with Gasteiger partial charge in [-0.1, -0.05) is 28.1 Å². The van der Waals surface area contributed by atoms with Crippen molar-refractivity contribution in [1.29, 1.82) is 0 Å². The highest BCUT2D eigenvalue weighted by Gasteiger charge is 2.02. The molecule has 0 amide bonds. The summed E-state index contributed by atoms with van der Waals surface area (Å²) in [5.41, 5.74) is 3.57. The lowest BCUT2D eigenvalue weighted by molar-refractivity contribution is 0.0697. The molecule has 2 aromatic carbocycles. The first kappa shape index (κ1) is 13.6. The molecular formula is C15H14BrNO2. The van der Waals surface area contributed by atoms with Gasteiger partial charge in [-0.25, -0.2) is 4.79 Å². The van der Waals surface area contributed by atoms with E-state index in [1.165, 1.54) is 5.56 Å². The summed E-state index contributed by atoms with van der Waals surface area (Å²) in [6, 6.07) is 13.0. The van der Waals surface area contributed by atoms with Crippen LogP contribution in [0.15, 0.2) is 46.9 Å². The molecule has 0 aromatic heterocycles. The Morgan fingerprint density at radius 2 is 1.89 bits per heavy atom. The number of benzene rings is 2. The van der Waals surface area contributed by atoms with Crippen LogP contribution in [0.3, 0.4) is 0 Å². The van der Waals surface area contributed by atoms with E-state index in [1.54, 1.807) is 12.1 Å². The number of hydrogen-bond donors (Lipinski definition) is 2. The van der Waals surface area contributed by atoms with Crippen LogP contribution in [0.1, 0.15) is 21.5 Å². The SMILES string of the molecule is Cc1cc(Br)cc(NCc2ccc(C(=O)O)cc2)c1. The second-order valence-corrected chi connectivity index (χ2v) is 5.29. The summed E-state index contributed by atoms with van der Waals surface area (Å²) >= 11 is 3.46. The van der Waals surface area contributed by atoms with Gasteiger partial charge in [0, 0.05) is 16.7 Å². The number of halogens is 1. The molecular weight excluding hydrogens is 306 g/mol. The predicted molar refractivity (Wildman–Crippen MR) is 79.6 cm³/mol. The van der Waals surface area contributed by atoms with E-state index in [2.05, 4.69) is 27.3 Å². The van der Waals surface area contributed by atoms with Crippen LogP contribution >= 0.6 is 15.9 Å². The molecule has 0 fully saturated rings. The summed E-state index contributed by atoms with van der Waals surface area (Å²) in [5, 5.41) is 12.1. The molecule has 2 N–H and O–H groups in total. The summed E-state index contributed by atoms with van der Waals surface area (Å²) in [5.74, 6) is -0.901. The topological polar surface area (TPSA) is 49.3 Å². The lowest BCUT2D eigenvalue weighted by Crippen LogP contribution is -2.01. The molecule has 0 spiro atoms. The number of carboxylic acid groups (broad SMARTS) is 1. The van der Waals surface area contributed by atoms with Crippen molar-refractivity contribution < 1.29 is 9.90 Å². The van der Waals surface area contributed by atoms with Crippen LogP contribution in [0.25, 0.3) is 0 Å². The number of carbonyl (C=O) groups is 1. The molecule has 3 nitrogen and oxygen atoms in total. The van der Waals surface area contributed by atoms with Gasteiger partial charge in [0.05, 0.1) is 5.56 Å². The molecule has 19 heavy (non-hydrogen) atoms. The van der Waals surface area contributed by atoms with E-state index in [1.807, 2.05) is 31.2 Å². The third-order valence-electron chi connectivity index (χ3n) is 2.74. The van der Waals surface area contributed by atoms with Gasteiger partial charge in [0.25, 0.3) is 0 Å². The molecule has 0 heterocycles. The average Bonchev–Trinajstić information content (AvgIpc) is 2.36. The van der Waals surface area contributed by atoms with E-state index in [9.17, 15) is 4.79 Å². The highest BCUT2D eigenvalue weighted by atomic mass is 79.9. The Morgan fingerprint density at radius 3 is 2.47 bits per heavy atom. The molecule has 0 radical (unpaired) electrons. The molecule has 4 heteroatoms. The highest BCUT2D eigenvalue weighted by Crippen LogP contribution is 2.19. The number of aromatic carboxylic acids is 1. The van der Waals surface area contributed by atoms with Crippen LogP contribution < -0.4 is 5.32 Å². The standard InChI is InChI=1S/C15H14BrNO2/c1-10-6-13(16)8-14(7-10)17-9-11-2-4-12(5-3-11)15(18)19/h2-8,17H,9H2,1H3,(H,18,19). The molecule has 0 aliphatic rings. The third-order valence-corrected chi connectivity index (χ3v) is 3.20. The normalized spacial score (nSPS) is 10.2. The molecule has 0 bridgehead atoms. The average molecular weight is 320 g/mol. The van der Waals surface area contributed by atoms with E-state index in [-0.39, 0.29) is 0 Å². The van der Waals surface area contributed by atoms with Gasteiger partial charge in [0.2, 0.25) is 0 Å². The van der Waals surface area contributed by atoms with Gasteiger partial charge in [0.1, 0.15) is 0 Å². The van der Waals surface area contributed by atoms with Crippen molar-refractivity contribution in [1.82, 2.24) is 0 Å². The zero-order valence-electron chi connectivity index (χ0n) is 10.5. The van der Waals surface area contributed by atoms with Crippen LogP contribution in [0, 0.1) is 6.92 Å². The second-order valence-electron chi connectivity index (χ2n) is 4.37. The Morgan fingerprint density at radius 1 is 1.21 bits per heavy atom. The van der Waals surface area contributed by atoms with E-state index >= 15 is 0 Å². The van der Waals surface area contributed by atoms with Gasteiger partial charge < -0.3 is 10.4 Å². The maximum Gasteiger partial charge on any atom is 0.335 e. The molecule has 0 saturated carbocycles. The Bertz CT molecular complexity index is 573. The van der Waals surface area contributed by atoms with Gasteiger partial charge in [-0.3, -0.25) is 0 Å². The minimum absolute atomic E-state index is 0.307. The van der Waals surface area contributed by atoms with E-state index < -0.39 is 5.97 Å². The number of rotatable bonds is 4. The first-order valence-electron chi connectivity index (χ1n) is 5.88. The van der Waals surface area contributed by atoms with Crippen LogP contribution in [0.5, 0.6) is 0 Å². The predicted octanol–water partition coefficient (Wildman–Crippen LogP) is 4.07. The van der Waals surface area contributed by atoms with E-state index in [0.29, 0.717) is 12.1 Å². The number of hydrogen-bond acceptors (Lipinski definition) is 2. The Balaban J connectivity index is 2.03. The zero-order valence-corrected chi connectivity index (χ0v) is 12.1. The summed E-state index contributed by atoms with van der Waals surface area (Å²) in [6.07, 6.45) is 0. The van der Waals surface area contributed by atoms with Gasteiger partial charge in [-0.2, -0.15) is 0 Å². The van der Waals surface area contributed by atoms with Crippen molar-refractivity contribution in [2.45, 2.75) is 13.5 Å². The first-order chi connectivity index (χ1) is 9.04. The third kappa shape index (κ3) is 3.83. The van der Waals surface area contributed by atoms with Crippen molar-refractivity contribution in [3.05, 3.63) is 63.6 Å². The Labute approximate surface area is 120 Å². The highest BCUT2D eigenvalue weighted by molar-refractivity contribution is 9.10. The lowest BCUT2D eigenvalue weighted by Gasteiger charge is -2.08. The van der Waals surface area contributed by atoms with E-state index in [0.717, 1.165) is 15.7 Å². The van der Waals surface area contributed by atoms with Crippen molar-refractivity contribution in [3.63, 3.8) is 0 Å². The van der Waals surface area contributed by atoms with E-state index in [4.69, 9.17) is 5.11 Å². The fourth-order valence-corrected chi connectivity index (χ4v) is 2.42. The summed E-state index contributed by atoms with van der Waals surface area (Å²) < 4.78 is 1.04. The number of carboxylic acids is 1. The quantitative estimate of drug-likeness (QED) is 0.893. The van der Waals surface area contributed by atoms with Crippen molar-refractivity contribution >= 4 is 27.6 Å². The lowest BCUT2D eigenvalue weighted by atomic mass is 10.1. The molecule has 0 aliphatic carbocycles. The Hall–Kier alpha value is -1.81. The molecule has 2 rings (SSSR count). The van der Waals surface area contributed by atoms with Crippen LogP contribution in [0.2, 0.25) is 0 Å². The van der Waals surface area contributed by atoms with Gasteiger partial charge in [-0.05, 0) is 48.4 Å². The monoisotopic (exact) mass is 319 g/mol. The van der Waals surface area contributed by atoms with Crippen molar-refractivity contribution in [2.75, 3.05) is 5.32 Å². The van der Waals surface area contributed by atoms with Crippen molar-refractivity contribution in [2.24, 2.45) is 0 Å². The number of nitrogens with one attached hydrogen (secondary N) is 1. The molecule has 98 valence electrons. The molecule has 0 unspecified atom stereocenters. The summed E-state index contributed by atoms with van der Waals surface area (Å²) in [6.45, 7) is 2.70. The molecule has 0 aliphatic heterocycles. The van der Waals surface area contributed by atoms with Gasteiger partial charge in [0.15, 0.2) is 0 Å². The largest absolute Gasteiger partial charge is 0.478 e. The van der Waals surface area contributed by atoms with Crippen LogP contribution in [0.4, 0.5) is 5.69 Å². The number of anilines is 1. The smallest absolute Gasteiger partial charge is 0.335 e. The van der Waals surface area contributed by atoms with Gasteiger partial charge in [-0.15, -0.1) is 0 Å². The summed E-state index contributed by atoms with van der Waals surface area (Å²) in [4.78, 5) is 10.7.